The van der Waals surface area contributed by atoms with E-state index in [1.807, 2.05) is 0 Å². The van der Waals surface area contributed by atoms with Crippen molar-refractivity contribution in [2.24, 2.45) is 5.10 Å². The molecule has 0 aromatic carbocycles. The molecule has 0 atom stereocenters. The number of hydrogen-bond acceptors (Lipinski definition) is 13. The number of nitrogens with two attached hydrogens (primary N) is 1. The number of anilines is 1. The van der Waals surface area contributed by atoms with Crippen molar-refractivity contribution in [3.63, 3.8) is 0 Å². The second-order valence-corrected chi connectivity index (χ2v) is 7.51. The number of piperazine rings is 1. The van der Waals surface area contributed by atoms with Crippen LogP contribution in [0, 0.1) is 10.1 Å². The number of hydrogen-bond donors (Lipinski definition) is 2. The fourth-order valence-corrected chi connectivity index (χ4v) is 3.47. The van der Waals surface area contributed by atoms with Crippen molar-refractivity contribution in [2.45, 2.75) is 20.4 Å². The van der Waals surface area contributed by atoms with Crippen molar-refractivity contribution in [3.05, 3.63) is 39.4 Å². The number of likely N-dealkylation sites (N-methyl/N-ethyl adjacent to an activating group) is 1. The fraction of sp³-hybridized carbons (Fsp3) is 0.444. The summed E-state index contributed by atoms with van der Waals surface area (Å²) in [7, 11) is 0. The summed E-state index contributed by atoms with van der Waals surface area (Å²) < 4.78 is 11.1. The summed E-state index contributed by atoms with van der Waals surface area (Å²) in [4.78, 5) is 27.6. The number of amides is 1. The summed E-state index contributed by atoms with van der Waals surface area (Å²) in [5, 5.41) is 30.1. The van der Waals surface area contributed by atoms with Crippen LogP contribution in [-0.2, 0) is 6.54 Å². The lowest BCUT2D eigenvalue weighted by Gasteiger charge is -2.33. The van der Waals surface area contributed by atoms with E-state index in [1.54, 1.807) is 0 Å². The van der Waals surface area contributed by atoms with E-state index in [1.165, 1.54) is 23.7 Å². The van der Waals surface area contributed by atoms with Gasteiger partial charge in [-0.05, 0) is 29.8 Å². The molecule has 1 aliphatic heterocycles. The average Bonchev–Trinajstić information content (AvgIpc) is 3.57. The Morgan fingerprint density at radius 2 is 2.00 bits per heavy atom. The van der Waals surface area contributed by atoms with E-state index in [-0.39, 0.29) is 28.8 Å². The third-order valence-corrected chi connectivity index (χ3v) is 5.41. The molecule has 1 saturated heterocycles. The minimum Gasteiger partial charge on any atom is -0.399 e. The number of rotatable bonds is 8. The fourth-order valence-electron chi connectivity index (χ4n) is 3.47. The number of carbonyl (C=O) groups excluding carboxylic acids is 1. The zero-order valence-electron chi connectivity index (χ0n) is 18.5. The van der Waals surface area contributed by atoms with Gasteiger partial charge in [-0.15, -0.1) is 5.10 Å². The van der Waals surface area contributed by atoms with Gasteiger partial charge in [0, 0.05) is 32.7 Å². The average molecular weight is 473 g/mol. The highest BCUT2D eigenvalue weighted by Crippen LogP contribution is 2.19. The number of nitrogens with one attached hydrogen (secondary N) is 1. The largest absolute Gasteiger partial charge is 0.433 e. The van der Waals surface area contributed by atoms with Crippen molar-refractivity contribution in [3.8, 4) is 5.82 Å². The number of carbonyl (C=O) groups is 1. The van der Waals surface area contributed by atoms with E-state index in [0.717, 1.165) is 32.7 Å². The number of aromatic nitrogens is 5. The normalized spacial score (nSPS) is 15.5. The van der Waals surface area contributed by atoms with Gasteiger partial charge in [0.05, 0.1) is 11.8 Å². The Hall–Kier alpha value is -4.18. The van der Waals surface area contributed by atoms with Crippen LogP contribution in [-0.4, -0.2) is 84.4 Å². The predicted octanol–water partition coefficient (Wildman–Crippen LogP) is 0.0252. The van der Waals surface area contributed by atoms with E-state index >= 15 is 0 Å². The molecule has 0 spiro atoms. The van der Waals surface area contributed by atoms with Gasteiger partial charge < -0.3 is 15.1 Å². The zero-order valence-corrected chi connectivity index (χ0v) is 18.5. The van der Waals surface area contributed by atoms with Crippen molar-refractivity contribution >= 4 is 23.3 Å². The van der Waals surface area contributed by atoms with Gasteiger partial charge in [-0.2, -0.15) is 9.78 Å². The predicted molar refractivity (Wildman–Crippen MR) is 116 cm³/mol. The monoisotopic (exact) mass is 473 g/mol. The molecule has 180 valence electrons. The lowest BCUT2D eigenvalue weighted by molar-refractivity contribution is -0.402. The first-order valence-electron chi connectivity index (χ1n) is 10.4. The van der Waals surface area contributed by atoms with Crippen molar-refractivity contribution < 1.29 is 18.8 Å². The molecule has 16 heteroatoms. The molecular weight excluding hydrogens is 450 g/mol. The van der Waals surface area contributed by atoms with Crippen LogP contribution in [0.3, 0.4) is 0 Å². The van der Waals surface area contributed by atoms with E-state index in [9.17, 15) is 14.9 Å². The number of furan rings is 1. The van der Waals surface area contributed by atoms with Crippen LogP contribution in [0.25, 0.3) is 5.82 Å². The smallest absolute Gasteiger partial charge is 0.399 e. The molecule has 0 saturated carbocycles. The van der Waals surface area contributed by atoms with Gasteiger partial charge in [-0.1, -0.05) is 12.1 Å². The summed E-state index contributed by atoms with van der Waals surface area (Å²) in [5.74, 6) is -0.795. The number of hydrazone groups is 1. The molecule has 0 bridgehead atoms. The van der Waals surface area contributed by atoms with Crippen molar-refractivity contribution in [2.75, 3.05) is 38.5 Å². The molecule has 4 heterocycles. The quantitative estimate of drug-likeness (QED) is 0.253. The molecule has 0 unspecified atom stereocenters. The Balaban J connectivity index is 1.56. The van der Waals surface area contributed by atoms with Gasteiger partial charge in [0.1, 0.15) is 10.6 Å². The Morgan fingerprint density at radius 3 is 2.62 bits per heavy atom. The zero-order chi connectivity index (χ0) is 24.2. The van der Waals surface area contributed by atoms with Gasteiger partial charge in [0.2, 0.25) is 11.6 Å². The maximum absolute atomic E-state index is 12.9. The van der Waals surface area contributed by atoms with Crippen LogP contribution >= 0.6 is 0 Å². The molecule has 0 radical (unpaired) electrons. The van der Waals surface area contributed by atoms with Gasteiger partial charge in [0.25, 0.3) is 5.91 Å². The topological polar surface area (TPSA) is 200 Å². The summed E-state index contributed by atoms with van der Waals surface area (Å²) in [6.07, 6.45) is 0. The molecule has 4 rings (SSSR count). The summed E-state index contributed by atoms with van der Waals surface area (Å²) in [6, 6.07) is 2.59. The van der Waals surface area contributed by atoms with Crippen LogP contribution in [0.15, 0.2) is 26.3 Å². The van der Waals surface area contributed by atoms with Gasteiger partial charge in [-0.25, -0.2) is 10.1 Å². The molecule has 1 fully saturated rings. The van der Waals surface area contributed by atoms with E-state index in [4.69, 9.17) is 10.2 Å². The Bertz CT molecular complexity index is 1200. The Morgan fingerprint density at radius 1 is 1.26 bits per heavy atom. The first kappa shape index (κ1) is 23.0. The molecular formula is C18H23N11O5. The third kappa shape index (κ3) is 4.76. The van der Waals surface area contributed by atoms with E-state index in [2.05, 4.69) is 52.5 Å². The lowest BCUT2D eigenvalue weighted by atomic mass is 10.2. The van der Waals surface area contributed by atoms with Gasteiger partial charge >= 0.3 is 5.88 Å². The van der Waals surface area contributed by atoms with Crippen molar-refractivity contribution in [1.29, 1.82) is 0 Å². The lowest BCUT2D eigenvalue weighted by Crippen LogP contribution is -2.46. The Labute approximate surface area is 192 Å². The molecule has 0 aliphatic carbocycles. The van der Waals surface area contributed by atoms with E-state index in [0.29, 0.717) is 12.2 Å². The minimum absolute atomic E-state index is 0.00203. The molecule has 1 aliphatic rings. The van der Waals surface area contributed by atoms with Crippen LogP contribution in [0.4, 0.5) is 11.7 Å². The number of nitrogens with zero attached hydrogens (tertiary/aromatic N) is 9. The maximum Gasteiger partial charge on any atom is 0.433 e. The van der Waals surface area contributed by atoms with Crippen LogP contribution in [0.2, 0.25) is 0 Å². The first-order chi connectivity index (χ1) is 16.4. The highest BCUT2D eigenvalue weighted by Gasteiger charge is 2.27. The summed E-state index contributed by atoms with van der Waals surface area (Å²) in [6.45, 7) is 8.35. The molecule has 3 aromatic heterocycles. The molecule has 16 nitrogen and oxygen atoms in total. The summed E-state index contributed by atoms with van der Waals surface area (Å²) in [5.41, 5.74) is 8.90. The third-order valence-electron chi connectivity index (χ3n) is 5.41. The highest BCUT2D eigenvalue weighted by molar-refractivity contribution is 5.99. The first-order valence-corrected chi connectivity index (χ1v) is 10.4. The molecule has 34 heavy (non-hydrogen) atoms. The second kappa shape index (κ2) is 9.75. The van der Waals surface area contributed by atoms with Gasteiger partial charge in [0.15, 0.2) is 11.5 Å². The van der Waals surface area contributed by atoms with Crippen LogP contribution in [0.1, 0.15) is 35.8 Å². The van der Waals surface area contributed by atoms with Crippen LogP contribution in [0.5, 0.6) is 0 Å². The number of nitrogen functional groups attached to an aromatic ring is 1. The summed E-state index contributed by atoms with van der Waals surface area (Å²) >= 11 is 0. The van der Waals surface area contributed by atoms with Crippen molar-refractivity contribution in [1.82, 2.24) is 40.5 Å². The SMILES string of the molecule is CCN1CCN(Cc2c(C(=O)N/N=C(/C)c3ccc([N+](=O)[O-])o3)nnn2-c2nonc2N)CC1. The standard InChI is InChI=1S/C18H23N11O5/c1-3-26-6-8-27(9-7-26)10-12-15(21-25-28(12)17-16(19)23-34-24-17)18(30)22-20-11(2)13-4-5-14(33-13)29(31)32/h4-5H,3,6-10H2,1-2H3,(H2,19,23)(H,22,30)/b20-11-. The van der Waals surface area contributed by atoms with Crippen LogP contribution < -0.4 is 11.2 Å². The highest BCUT2D eigenvalue weighted by atomic mass is 16.6. The second-order valence-electron chi connectivity index (χ2n) is 7.51. The van der Waals surface area contributed by atoms with Gasteiger partial charge in [-0.3, -0.25) is 19.8 Å². The number of nitro groups is 1. The minimum atomic E-state index is -0.662. The Kier molecular flexibility index (Phi) is 6.60. The van der Waals surface area contributed by atoms with E-state index < -0.39 is 16.7 Å². The maximum atomic E-state index is 12.9. The molecule has 3 aromatic rings. The molecule has 1 amide bonds. The molecule has 3 N–H and O–H groups in total.